The van der Waals surface area contributed by atoms with E-state index in [1.54, 1.807) is 0 Å². The summed E-state index contributed by atoms with van der Waals surface area (Å²) in [7, 11) is 1.52. The third-order valence-corrected chi connectivity index (χ3v) is 2.56. The number of methoxy groups -OCH3 is 1. The molecule has 0 amide bonds. The van der Waals surface area contributed by atoms with Crippen molar-refractivity contribution in [1.82, 2.24) is 15.0 Å². The van der Waals surface area contributed by atoms with Crippen LogP contribution in [0.3, 0.4) is 0 Å². The van der Waals surface area contributed by atoms with E-state index in [0.29, 0.717) is 12.0 Å². The molecule has 15 heavy (non-hydrogen) atoms. The van der Waals surface area contributed by atoms with Crippen molar-refractivity contribution in [2.75, 3.05) is 25.2 Å². The largest absolute Gasteiger partial charge is 0.467 e. The second-order valence-corrected chi connectivity index (χ2v) is 3.44. The number of aliphatic hydroxyl groups excluding tert-OH is 1. The van der Waals surface area contributed by atoms with Crippen LogP contribution in [-0.4, -0.2) is 46.4 Å². The molecule has 2 rings (SSSR count). The molecule has 1 fully saturated rings. The van der Waals surface area contributed by atoms with E-state index in [4.69, 9.17) is 4.74 Å². The molecule has 0 aromatic carbocycles. The maximum Gasteiger partial charge on any atom is 0.320 e. The van der Waals surface area contributed by atoms with Crippen molar-refractivity contribution >= 4 is 5.95 Å². The molecule has 1 aromatic heterocycles. The van der Waals surface area contributed by atoms with E-state index in [1.165, 1.54) is 13.4 Å². The average Bonchev–Trinajstić information content (AvgIpc) is 2.77. The number of hydrogen-bond donors (Lipinski definition) is 1. The number of nitrogens with zero attached hydrogens (tertiary/aromatic N) is 4. The van der Waals surface area contributed by atoms with Crippen LogP contribution in [-0.2, 0) is 0 Å². The standard InChI is InChI=1S/C9H14N4O2/c1-15-9-11-6-10-8(12-9)13-4-2-3-7(13)5-14/h6-7,14H,2-5H2,1H3. The van der Waals surface area contributed by atoms with E-state index in [2.05, 4.69) is 15.0 Å². The van der Waals surface area contributed by atoms with Crippen LogP contribution in [0.1, 0.15) is 12.8 Å². The highest BCUT2D eigenvalue weighted by molar-refractivity contribution is 5.33. The summed E-state index contributed by atoms with van der Waals surface area (Å²) in [4.78, 5) is 14.1. The molecule has 1 atom stereocenters. The lowest BCUT2D eigenvalue weighted by atomic mass is 10.2. The van der Waals surface area contributed by atoms with Gasteiger partial charge in [-0.15, -0.1) is 0 Å². The predicted molar refractivity (Wildman–Crippen MR) is 53.8 cm³/mol. The number of rotatable bonds is 3. The van der Waals surface area contributed by atoms with Crippen LogP contribution in [0, 0.1) is 0 Å². The van der Waals surface area contributed by atoms with Crippen LogP contribution in [0.2, 0.25) is 0 Å². The van der Waals surface area contributed by atoms with Gasteiger partial charge in [-0.25, -0.2) is 4.98 Å². The Morgan fingerprint density at radius 2 is 2.47 bits per heavy atom. The molecule has 0 aliphatic carbocycles. The molecule has 1 N–H and O–H groups in total. The Labute approximate surface area is 87.9 Å². The van der Waals surface area contributed by atoms with Gasteiger partial charge in [-0.3, -0.25) is 0 Å². The van der Waals surface area contributed by atoms with Crippen molar-refractivity contribution in [3.8, 4) is 6.01 Å². The Bertz CT molecular complexity index is 334. The van der Waals surface area contributed by atoms with E-state index >= 15 is 0 Å². The van der Waals surface area contributed by atoms with Crippen molar-refractivity contribution < 1.29 is 9.84 Å². The Morgan fingerprint density at radius 1 is 1.60 bits per heavy atom. The van der Waals surface area contributed by atoms with Gasteiger partial charge in [0.05, 0.1) is 19.8 Å². The lowest BCUT2D eigenvalue weighted by Gasteiger charge is -2.22. The maximum atomic E-state index is 9.18. The third-order valence-electron chi connectivity index (χ3n) is 2.56. The number of aliphatic hydroxyl groups is 1. The minimum absolute atomic E-state index is 0.122. The van der Waals surface area contributed by atoms with Crippen LogP contribution in [0.4, 0.5) is 5.95 Å². The van der Waals surface area contributed by atoms with Crippen molar-refractivity contribution in [3.05, 3.63) is 6.33 Å². The van der Waals surface area contributed by atoms with Crippen LogP contribution < -0.4 is 9.64 Å². The van der Waals surface area contributed by atoms with Gasteiger partial charge in [-0.05, 0) is 12.8 Å². The van der Waals surface area contributed by atoms with Crippen LogP contribution in [0.25, 0.3) is 0 Å². The molecule has 1 saturated heterocycles. The first kappa shape index (κ1) is 10.1. The maximum absolute atomic E-state index is 9.18. The van der Waals surface area contributed by atoms with E-state index < -0.39 is 0 Å². The molecule has 2 heterocycles. The van der Waals surface area contributed by atoms with Gasteiger partial charge in [0.1, 0.15) is 6.33 Å². The first-order valence-corrected chi connectivity index (χ1v) is 4.95. The molecule has 1 unspecified atom stereocenters. The fraction of sp³-hybridized carbons (Fsp3) is 0.667. The van der Waals surface area contributed by atoms with E-state index in [1.807, 2.05) is 4.90 Å². The van der Waals surface area contributed by atoms with Crippen molar-refractivity contribution in [1.29, 1.82) is 0 Å². The molecule has 0 saturated carbocycles. The van der Waals surface area contributed by atoms with Crippen LogP contribution >= 0.6 is 0 Å². The second-order valence-electron chi connectivity index (χ2n) is 3.44. The van der Waals surface area contributed by atoms with Gasteiger partial charge >= 0.3 is 6.01 Å². The Kier molecular flexibility index (Phi) is 2.96. The summed E-state index contributed by atoms with van der Waals surface area (Å²) in [6.45, 7) is 1.01. The molecule has 82 valence electrons. The van der Waals surface area contributed by atoms with Crippen molar-refractivity contribution in [2.45, 2.75) is 18.9 Å². The van der Waals surface area contributed by atoms with Crippen LogP contribution in [0.15, 0.2) is 6.33 Å². The fourth-order valence-electron chi connectivity index (χ4n) is 1.80. The molecule has 0 radical (unpaired) electrons. The van der Waals surface area contributed by atoms with Crippen molar-refractivity contribution in [2.24, 2.45) is 0 Å². The van der Waals surface area contributed by atoms with E-state index in [0.717, 1.165) is 19.4 Å². The highest BCUT2D eigenvalue weighted by atomic mass is 16.5. The topological polar surface area (TPSA) is 71.4 Å². The summed E-state index contributed by atoms with van der Waals surface area (Å²) >= 11 is 0. The zero-order chi connectivity index (χ0) is 10.7. The molecule has 1 aliphatic heterocycles. The summed E-state index contributed by atoms with van der Waals surface area (Å²) in [6, 6.07) is 0.431. The molecule has 0 spiro atoms. The quantitative estimate of drug-likeness (QED) is 0.747. The molecule has 1 aromatic rings. The zero-order valence-corrected chi connectivity index (χ0v) is 8.63. The molecule has 0 bridgehead atoms. The average molecular weight is 210 g/mol. The summed E-state index contributed by atoms with van der Waals surface area (Å²) < 4.78 is 4.93. The first-order chi connectivity index (χ1) is 7.35. The lowest BCUT2D eigenvalue weighted by Crippen LogP contribution is -2.33. The Balaban J connectivity index is 2.20. The molecule has 6 heteroatoms. The number of ether oxygens (including phenoxy) is 1. The van der Waals surface area contributed by atoms with E-state index in [-0.39, 0.29) is 12.6 Å². The number of aromatic nitrogens is 3. The normalized spacial score (nSPS) is 20.7. The SMILES string of the molecule is COc1ncnc(N2CCCC2CO)n1. The highest BCUT2D eigenvalue weighted by Crippen LogP contribution is 2.22. The van der Waals surface area contributed by atoms with Gasteiger partial charge in [0.25, 0.3) is 0 Å². The zero-order valence-electron chi connectivity index (χ0n) is 8.63. The third kappa shape index (κ3) is 1.99. The van der Waals surface area contributed by atoms with Gasteiger partial charge < -0.3 is 14.7 Å². The number of hydrogen-bond acceptors (Lipinski definition) is 6. The monoisotopic (exact) mass is 210 g/mol. The molecule has 6 nitrogen and oxygen atoms in total. The highest BCUT2D eigenvalue weighted by Gasteiger charge is 2.26. The van der Waals surface area contributed by atoms with Gasteiger partial charge in [0, 0.05) is 6.54 Å². The van der Waals surface area contributed by atoms with Crippen LogP contribution in [0.5, 0.6) is 6.01 Å². The first-order valence-electron chi connectivity index (χ1n) is 4.95. The predicted octanol–water partition coefficient (Wildman–Crippen LogP) is -0.159. The fourth-order valence-corrected chi connectivity index (χ4v) is 1.80. The Morgan fingerprint density at radius 3 is 3.20 bits per heavy atom. The summed E-state index contributed by atoms with van der Waals surface area (Å²) in [5, 5.41) is 9.18. The summed E-state index contributed by atoms with van der Waals surface area (Å²) in [5.74, 6) is 0.582. The lowest BCUT2D eigenvalue weighted by molar-refractivity contribution is 0.265. The van der Waals surface area contributed by atoms with Gasteiger partial charge in [-0.1, -0.05) is 0 Å². The molecular formula is C9H14N4O2. The van der Waals surface area contributed by atoms with Crippen molar-refractivity contribution in [3.63, 3.8) is 0 Å². The van der Waals surface area contributed by atoms with E-state index in [9.17, 15) is 5.11 Å². The van der Waals surface area contributed by atoms with Gasteiger partial charge in [0.2, 0.25) is 5.95 Å². The van der Waals surface area contributed by atoms with Gasteiger partial charge in [0.15, 0.2) is 0 Å². The summed E-state index contributed by atoms with van der Waals surface area (Å²) in [6.07, 6.45) is 3.46. The number of anilines is 1. The molecule has 1 aliphatic rings. The smallest absolute Gasteiger partial charge is 0.320 e. The molecular weight excluding hydrogens is 196 g/mol. The van der Waals surface area contributed by atoms with Gasteiger partial charge in [-0.2, -0.15) is 9.97 Å². The minimum atomic E-state index is 0.122. The minimum Gasteiger partial charge on any atom is -0.467 e. The second kappa shape index (κ2) is 4.39. The summed E-state index contributed by atoms with van der Waals surface area (Å²) in [5.41, 5.74) is 0. The Hall–Kier alpha value is -1.43.